The predicted octanol–water partition coefficient (Wildman–Crippen LogP) is 2.42. The smallest absolute Gasteiger partial charge is 0.178 e. The van der Waals surface area contributed by atoms with E-state index in [0.29, 0.717) is 24.4 Å². The average molecular weight is 340 g/mol. The monoisotopic (exact) mass is 339 g/mol. The molecule has 7 nitrogen and oxygen atoms in total. The van der Waals surface area contributed by atoms with Crippen LogP contribution in [-0.4, -0.2) is 30.2 Å². The van der Waals surface area contributed by atoms with Crippen LogP contribution in [0.1, 0.15) is 16.7 Å². The topological polar surface area (TPSA) is 98.3 Å². The summed E-state index contributed by atoms with van der Waals surface area (Å²) in [6.07, 6.45) is 4.52. The summed E-state index contributed by atoms with van der Waals surface area (Å²) >= 11 is 5.91. The van der Waals surface area contributed by atoms with Crippen molar-refractivity contribution in [3.63, 3.8) is 0 Å². The predicted molar refractivity (Wildman–Crippen MR) is 91.7 cm³/mol. The molecule has 0 unspecified atom stereocenters. The van der Waals surface area contributed by atoms with Crippen molar-refractivity contribution in [1.82, 2.24) is 30.2 Å². The number of benzene rings is 1. The van der Waals surface area contributed by atoms with Crippen molar-refractivity contribution < 1.29 is 0 Å². The van der Waals surface area contributed by atoms with Crippen molar-refractivity contribution >= 4 is 28.6 Å². The fourth-order valence-corrected chi connectivity index (χ4v) is 2.77. The summed E-state index contributed by atoms with van der Waals surface area (Å²) in [6, 6.07) is 9.56. The van der Waals surface area contributed by atoms with Crippen LogP contribution in [0, 0.1) is 0 Å². The molecule has 0 bridgehead atoms. The number of hydrogen-bond donors (Lipinski definition) is 2. The van der Waals surface area contributed by atoms with E-state index in [9.17, 15) is 0 Å². The molecule has 0 radical (unpaired) electrons. The molecule has 8 heteroatoms. The summed E-state index contributed by atoms with van der Waals surface area (Å²) in [5.74, 6) is 0.442. The van der Waals surface area contributed by atoms with Crippen LogP contribution in [0.4, 0.5) is 5.82 Å². The zero-order valence-corrected chi connectivity index (χ0v) is 13.4. The first-order valence-corrected chi connectivity index (χ1v) is 7.77. The molecule has 0 aliphatic carbocycles. The van der Waals surface area contributed by atoms with E-state index in [1.165, 1.54) is 0 Å². The highest BCUT2D eigenvalue weighted by Crippen LogP contribution is 2.19. The van der Waals surface area contributed by atoms with Gasteiger partial charge in [-0.3, -0.25) is 4.68 Å². The Hall–Kier alpha value is -2.93. The molecule has 0 aliphatic rings. The van der Waals surface area contributed by atoms with E-state index in [0.717, 1.165) is 27.2 Å². The third kappa shape index (κ3) is 2.93. The third-order valence-electron chi connectivity index (χ3n) is 3.74. The first kappa shape index (κ1) is 14.6. The molecule has 4 rings (SSSR count). The van der Waals surface area contributed by atoms with E-state index >= 15 is 0 Å². The normalized spacial score (nSPS) is 11.2. The van der Waals surface area contributed by atoms with Gasteiger partial charge in [-0.1, -0.05) is 28.9 Å². The Morgan fingerprint density at radius 1 is 1.17 bits per heavy atom. The molecule has 120 valence electrons. The Balaban J connectivity index is 1.56. The van der Waals surface area contributed by atoms with Crippen molar-refractivity contribution in [1.29, 1.82) is 0 Å². The maximum Gasteiger partial charge on any atom is 0.178 e. The number of nitrogens with two attached hydrogens (primary N) is 1. The lowest BCUT2D eigenvalue weighted by Gasteiger charge is -2.02. The Bertz CT molecular complexity index is 987. The number of nitrogens with one attached hydrogen (secondary N) is 1. The number of aromatic nitrogens is 6. The Kier molecular flexibility index (Phi) is 3.62. The summed E-state index contributed by atoms with van der Waals surface area (Å²) in [5.41, 5.74) is 10.3. The molecule has 0 aliphatic heterocycles. The summed E-state index contributed by atoms with van der Waals surface area (Å²) in [7, 11) is 0. The number of rotatable bonds is 4. The number of pyridine rings is 1. The largest absolute Gasteiger partial charge is 0.384 e. The molecular formula is C16H14ClN7. The van der Waals surface area contributed by atoms with Crippen molar-refractivity contribution in [2.24, 2.45) is 0 Å². The van der Waals surface area contributed by atoms with Crippen molar-refractivity contribution in [2.75, 3.05) is 5.73 Å². The van der Waals surface area contributed by atoms with E-state index in [1.54, 1.807) is 0 Å². The summed E-state index contributed by atoms with van der Waals surface area (Å²) in [4.78, 5) is 4.17. The average Bonchev–Trinajstić information content (AvgIpc) is 3.19. The lowest BCUT2D eigenvalue weighted by molar-refractivity contribution is 0.686. The summed E-state index contributed by atoms with van der Waals surface area (Å²) < 4.78 is 1.89. The van der Waals surface area contributed by atoms with Gasteiger partial charge in [0, 0.05) is 17.6 Å². The van der Waals surface area contributed by atoms with E-state index in [4.69, 9.17) is 17.3 Å². The zero-order chi connectivity index (χ0) is 16.5. The van der Waals surface area contributed by atoms with Crippen LogP contribution in [0.3, 0.4) is 0 Å². The number of hydrogen-bond acceptors (Lipinski definition) is 5. The second kappa shape index (κ2) is 5.93. The Morgan fingerprint density at radius 2 is 2.00 bits per heavy atom. The SMILES string of the molecule is Nc1cc(Cc2cnn(Cc3ccc(Cl)cc3)c2)c2nn[nH]c2n1. The molecule has 0 saturated carbocycles. The fourth-order valence-electron chi connectivity index (χ4n) is 2.64. The van der Waals surface area contributed by atoms with Gasteiger partial charge in [0.1, 0.15) is 11.3 Å². The zero-order valence-electron chi connectivity index (χ0n) is 12.6. The van der Waals surface area contributed by atoms with Gasteiger partial charge in [0.15, 0.2) is 5.65 Å². The number of nitrogen functional groups attached to an aromatic ring is 1. The third-order valence-corrected chi connectivity index (χ3v) is 3.99. The molecule has 3 heterocycles. The minimum absolute atomic E-state index is 0.442. The number of fused-ring (bicyclic) bond motifs is 1. The van der Waals surface area contributed by atoms with Gasteiger partial charge in [-0.25, -0.2) is 10.1 Å². The molecule has 4 aromatic rings. The highest BCUT2D eigenvalue weighted by atomic mass is 35.5. The fraction of sp³-hybridized carbons (Fsp3) is 0.125. The van der Waals surface area contributed by atoms with Crippen molar-refractivity contribution in [2.45, 2.75) is 13.0 Å². The molecule has 3 N–H and O–H groups in total. The number of anilines is 1. The lowest BCUT2D eigenvalue weighted by atomic mass is 10.1. The minimum atomic E-state index is 0.442. The van der Waals surface area contributed by atoms with Crippen LogP contribution in [-0.2, 0) is 13.0 Å². The molecule has 0 amide bonds. The van der Waals surface area contributed by atoms with Crippen LogP contribution in [0.2, 0.25) is 5.02 Å². The number of H-pyrrole nitrogens is 1. The van der Waals surface area contributed by atoms with Crippen LogP contribution in [0.15, 0.2) is 42.7 Å². The lowest BCUT2D eigenvalue weighted by Crippen LogP contribution is -1.99. The van der Waals surface area contributed by atoms with Crippen LogP contribution in [0.5, 0.6) is 0 Å². The molecule has 0 spiro atoms. The Morgan fingerprint density at radius 3 is 2.83 bits per heavy atom. The van der Waals surface area contributed by atoms with Gasteiger partial charge in [-0.05, 0) is 34.9 Å². The van der Waals surface area contributed by atoms with E-state index in [2.05, 4.69) is 25.5 Å². The molecule has 24 heavy (non-hydrogen) atoms. The van der Waals surface area contributed by atoms with Crippen LogP contribution < -0.4 is 5.73 Å². The minimum Gasteiger partial charge on any atom is -0.384 e. The quantitative estimate of drug-likeness (QED) is 0.595. The molecule has 0 atom stereocenters. The van der Waals surface area contributed by atoms with Crippen LogP contribution in [0.25, 0.3) is 11.2 Å². The van der Waals surface area contributed by atoms with Gasteiger partial charge in [0.25, 0.3) is 0 Å². The number of nitrogens with zero attached hydrogens (tertiary/aromatic N) is 5. The van der Waals surface area contributed by atoms with Gasteiger partial charge in [0.2, 0.25) is 0 Å². The summed E-state index contributed by atoms with van der Waals surface area (Å²) in [6.45, 7) is 0.690. The second-order valence-corrected chi connectivity index (χ2v) is 6.00. The van der Waals surface area contributed by atoms with Crippen molar-refractivity contribution in [3.8, 4) is 0 Å². The first-order valence-electron chi connectivity index (χ1n) is 7.39. The van der Waals surface area contributed by atoms with E-state index in [1.807, 2.05) is 47.4 Å². The van der Waals surface area contributed by atoms with Gasteiger partial charge in [-0.2, -0.15) is 5.10 Å². The highest BCUT2D eigenvalue weighted by molar-refractivity contribution is 6.30. The number of halogens is 1. The molecule has 0 saturated heterocycles. The number of aromatic amines is 1. The highest BCUT2D eigenvalue weighted by Gasteiger charge is 2.10. The van der Waals surface area contributed by atoms with Gasteiger partial charge in [0.05, 0.1) is 12.7 Å². The van der Waals surface area contributed by atoms with Gasteiger partial charge < -0.3 is 5.73 Å². The Labute approximate surface area is 142 Å². The molecule has 3 aromatic heterocycles. The molecular weight excluding hydrogens is 326 g/mol. The van der Waals surface area contributed by atoms with E-state index in [-0.39, 0.29) is 0 Å². The van der Waals surface area contributed by atoms with E-state index < -0.39 is 0 Å². The van der Waals surface area contributed by atoms with Gasteiger partial charge in [-0.15, -0.1) is 5.10 Å². The molecule has 0 fully saturated rings. The molecule has 1 aromatic carbocycles. The van der Waals surface area contributed by atoms with Gasteiger partial charge >= 0.3 is 0 Å². The van der Waals surface area contributed by atoms with Crippen molar-refractivity contribution in [3.05, 3.63) is 64.4 Å². The standard InChI is InChI=1S/C16H14ClN7/c17-13-3-1-10(2-4-13)8-24-9-11(7-19-24)5-12-6-14(18)20-16-15(12)21-23-22-16/h1-4,6-7,9H,5,8H2,(H3,18,20,21,22,23). The second-order valence-electron chi connectivity index (χ2n) is 5.56. The van der Waals surface area contributed by atoms with Crippen LogP contribution >= 0.6 is 11.6 Å². The maximum atomic E-state index is 5.91. The first-order chi connectivity index (χ1) is 11.7. The maximum absolute atomic E-state index is 5.91. The summed E-state index contributed by atoms with van der Waals surface area (Å²) in [5, 5.41) is 15.8.